The number of hydrogen-bond donors (Lipinski definition) is 0. The van der Waals surface area contributed by atoms with Gasteiger partial charge in [0.1, 0.15) is 0 Å². The van der Waals surface area contributed by atoms with E-state index in [0.717, 1.165) is 0 Å². The average molecular weight is 237 g/mol. The van der Waals surface area contributed by atoms with Gasteiger partial charge in [0.2, 0.25) is 0 Å². The van der Waals surface area contributed by atoms with Crippen molar-refractivity contribution >= 4 is 0 Å². The summed E-state index contributed by atoms with van der Waals surface area (Å²) in [4.78, 5) is 1.50. The topological polar surface area (TPSA) is 58.7 Å². The van der Waals surface area contributed by atoms with E-state index in [1.165, 1.54) is 4.91 Å². The van der Waals surface area contributed by atoms with Gasteiger partial charge >= 0.3 is 0 Å². The molecule has 0 atom stereocenters. The zero-order valence-corrected chi connectivity index (χ0v) is 3.93. The quantitative estimate of drug-likeness (QED) is 0.341. The first-order valence-corrected chi connectivity index (χ1v) is 0.400. The van der Waals surface area contributed by atoms with E-state index in [1.807, 2.05) is 0 Å². The molecule has 0 spiro atoms. The van der Waals surface area contributed by atoms with Gasteiger partial charge in [-0.1, -0.05) is 0 Å². The van der Waals surface area contributed by atoms with Crippen LogP contribution in [0, 0.1) is 0 Å². The molecule has 0 aliphatic carbocycles. The summed E-state index contributed by atoms with van der Waals surface area (Å²) in [5, 5.41) is 0. The van der Waals surface area contributed by atoms with E-state index in [9.17, 15) is 0 Å². The Hall–Kier alpha value is -0.00169. The maximum Gasteiger partial charge on any atom is 0 e. The molecular weight excluding hydrogens is 237 g/mol. The van der Waals surface area contributed by atoms with Crippen LogP contribution in [-0.2, 0) is 21.1 Å². The molecule has 0 aliphatic heterocycles. The summed E-state index contributed by atoms with van der Waals surface area (Å²) in [6, 6.07) is 0. The Bertz CT molecular complexity index is 24.3. The van der Waals surface area contributed by atoms with Gasteiger partial charge in [0, 0.05) is 21.1 Å². The Kier molecular flexibility index (Phi) is 27.0. The average Bonchev–Trinajstić information content (AvgIpc) is 0.918. The van der Waals surface area contributed by atoms with Gasteiger partial charge in [0.05, 0.1) is 0 Å². The zero-order chi connectivity index (χ0) is 2.71. The Morgan fingerprint density at radius 3 is 1.25 bits per heavy atom. The van der Waals surface area contributed by atoms with Crippen LogP contribution in [-0.4, -0.2) is 0 Å². The van der Waals surface area contributed by atoms with Crippen molar-refractivity contribution < 1.29 is 21.1 Å². The second-order valence-electron chi connectivity index (χ2n) is 0.0894. The van der Waals surface area contributed by atoms with Gasteiger partial charge in [-0.3, -0.25) is 4.91 Å². The van der Waals surface area contributed by atoms with Gasteiger partial charge in [-0.25, -0.2) is 0 Å². The molecule has 3 nitrogen and oxygen atoms in total. The van der Waals surface area contributed by atoms with Gasteiger partial charge in [0.15, 0.2) is 0 Å². The van der Waals surface area contributed by atoms with Crippen LogP contribution in [0.25, 0.3) is 16.0 Å². The number of nitrogens with zero attached hydrogens (tertiary/aromatic N) is 3. The molecule has 4 heavy (non-hydrogen) atoms. The second-order valence-corrected chi connectivity index (χ2v) is 0.0894. The molecule has 0 aromatic heterocycles. The third kappa shape index (κ3) is 699000. The van der Waals surface area contributed by atoms with Crippen molar-refractivity contribution in [2.75, 3.05) is 0 Å². The first-order valence-electron chi connectivity index (χ1n) is 0.400. The minimum Gasteiger partial charge on any atom is -0.373 e. The molecule has 0 fully saturated rings. The third-order valence-corrected chi connectivity index (χ3v) is 0. The van der Waals surface area contributed by atoms with Gasteiger partial charge in [0.25, 0.3) is 0 Å². The summed E-state index contributed by atoms with van der Waals surface area (Å²) < 4.78 is 0. The van der Waals surface area contributed by atoms with Crippen LogP contribution < -0.4 is 0 Å². The van der Waals surface area contributed by atoms with Crippen molar-refractivity contribution in [3.8, 4) is 0 Å². The van der Waals surface area contributed by atoms with Crippen LogP contribution in [0.5, 0.6) is 0 Å². The zero-order valence-electron chi connectivity index (χ0n) is 1.66. The van der Waals surface area contributed by atoms with Crippen molar-refractivity contribution in [2.24, 2.45) is 0 Å². The minimum atomic E-state index is 0. The minimum absolute atomic E-state index is 0. The Labute approximate surface area is 37.7 Å². The molecule has 4 heteroatoms. The molecule has 26 valence electrons. The van der Waals surface area contributed by atoms with Crippen LogP contribution in [0.2, 0.25) is 0 Å². The largest absolute Gasteiger partial charge is 0.373 e. The molecule has 0 aromatic carbocycles. The second kappa shape index (κ2) is 12.0. The van der Waals surface area contributed by atoms with Gasteiger partial charge in [-0.15, -0.1) is 0 Å². The fraction of sp³-hybridized carbons (Fsp3) is 0. The Morgan fingerprint density at radius 1 is 1.25 bits per heavy atom. The molecule has 0 N–H and O–H groups in total. The molecule has 0 radical (unpaired) electrons. The van der Waals surface area contributed by atoms with Gasteiger partial charge in [-0.05, 0) is 0 Å². The fourth-order valence-electron chi connectivity index (χ4n) is 0. The number of hydrogen-bond acceptors (Lipinski definition) is 0. The molecule has 0 unspecified atom stereocenters. The molecule has 0 aliphatic rings. The molecular formula is N3Pt-. The molecule has 0 heterocycles. The van der Waals surface area contributed by atoms with Gasteiger partial charge in [-0.2, -0.15) is 0 Å². The first kappa shape index (κ1) is 9.00. The maximum atomic E-state index is 6.75. The van der Waals surface area contributed by atoms with E-state index in [4.69, 9.17) is 11.1 Å². The summed E-state index contributed by atoms with van der Waals surface area (Å²) in [6.07, 6.45) is 0. The van der Waals surface area contributed by atoms with E-state index in [1.54, 1.807) is 0 Å². The number of rotatable bonds is 0. The molecule has 0 saturated heterocycles. The third-order valence-electron chi connectivity index (χ3n) is 0. The predicted molar refractivity (Wildman–Crippen MR) is 10.1 cm³/mol. The van der Waals surface area contributed by atoms with Gasteiger partial charge < -0.3 is 11.1 Å². The van der Waals surface area contributed by atoms with E-state index < -0.39 is 0 Å². The molecule has 0 bridgehead atoms. The summed E-state index contributed by atoms with van der Waals surface area (Å²) in [7, 11) is 0. The maximum absolute atomic E-state index is 6.75. The van der Waals surface area contributed by atoms with Crippen LogP contribution in [0.15, 0.2) is 0 Å². The molecule has 0 aromatic rings. The van der Waals surface area contributed by atoms with Crippen molar-refractivity contribution in [2.45, 2.75) is 0 Å². The first-order chi connectivity index (χ1) is 1.41. The van der Waals surface area contributed by atoms with Crippen molar-refractivity contribution in [3.63, 3.8) is 0 Å². The molecule has 0 amide bonds. The molecule has 0 saturated carbocycles. The normalized spacial score (nSPS) is 2.00. The van der Waals surface area contributed by atoms with E-state index in [0.29, 0.717) is 0 Å². The van der Waals surface area contributed by atoms with E-state index >= 15 is 0 Å². The predicted octanol–water partition coefficient (Wildman–Crippen LogP) is 0.864. The smallest absolute Gasteiger partial charge is 0 e. The van der Waals surface area contributed by atoms with E-state index in [-0.39, 0.29) is 21.1 Å². The van der Waals surface area contributed by atoms with Crippen LogP contribution in [0.1, 0.15) is 0 Å². The monoisotopic (exact) mass is 237 g/mol. The Balaban J connectivity index is 0. The van der Waals surface area contributed by atoms with Crippen molar-refractivity contribution in [1.29, 1.82) is 0 Å². The summed E-state index contributed by atoms with van der Waals surface area (Å²) in [6.45, 7) is 0. The Morgan fingerprint density at radius 2 is 1.25 bits per heavy atom. The van der Waals surface area contributed by atoms with Crippen LogP contribution in [0.4, 0.5) is 0 Å². The van der Waals surface area contributed by atoms with Crippen molar-refractivity contribution in [1.82, 2.24) is 0 Å². The van der Waals surface area contributed by atoms with Crippen LogP contribution in [0.3, 0.4) is 0 Å². The standard InChI is InChI=1S/N3.Pt/c1-3-2;/q-1;. The summed E-state index contributed by atoms with van der Waals surface area (Å²) in [5.41, 5.74) is 13.5. The van der Waals surface area contributed by atoms with Crippen molar-refractivity contribution in [3.05, 3.63) is 16.0 Å². The summed E-state index contributed by atoms with van der Waals surface area (Å²) >= 11 is 0. The SMILES string of the molecule is [N-]=[N+]=[N-].[Pt]. The fourth-order valence-corrected chi connectivity index (χ4v) is 0. The molecule has 0 rings (SSSR count). The van der Waals surface area contributed by atoms with Crippen LogP contribution >= 0.6 is 0 Å². The van der Waals surface area contributed by atoms with E-state index in [2.05, 4.69) is 0 Å². The summed E-state index contributed by atoms with van der Waals surface area (Å²) in [5.74, 6) is 0.